The zero-order valence-corrected chi connectivity index (χ0v) is 39.6. The summed E-state index contributed by atoms with van der Waals surface area (Å²) in [4.78, 5) is 58.6. The third kappa shape index (κ3) is 14.4. The predicted octanol–water partition coefficient (Wildman–Crippen LogP) is -11.7. The first kappa shape index (κ1) is 53.9. The fourth-order valence-corrected chi connectivity index (χ4v) is 8.59. The van der Waals surface area contributed by atoms with E-state index >= 15 is 0 Å². The maximum absolute atomic E-state index is 12.7. The molecule has 0 spiro atoms. The molecule has 1 saturated heterocycles. The number of alkyl halides is 5. The Hall–Kier alpha value is 3.75. The Morgan fingerprint density at radius 3 is 2.21 bits per heavy atom. The minimum atomic E-state index is -6.40. The fourth-order valence-electron chi connectivity index (χ4n) is 3.42. The van der Waals surface area contributed by atoms with Crippen molar-refractivity contribution in [1.29, 1.82) is 0 Å². The number of phosphoric ester groups is 1. The van der Waals surface area contributed by atoms with E-state index in [0.717, 1.165) is 10.9 Å². The zero-order valence-electron chi connectivity index (χ0n) is 25.7. The molecule has 252 valence electrons. The van der Waals surface area contributed by atoms with Crippen molar-refractivity contribution >= 4 is 86.7 Å². The predicted molar refractivity (Wildman–Crippen MR) is 144 cm³/mol. The van der Waals surface area contributed by atoms with Gasteiger partial charge >= 0.3 is 124 Å². The molecule has 0 aromatic carbocycles. The quantitative estimate of drug-likeness (QED) is 0.0375. The number of halogens is 5. The standard InChI is InChI=1S/C17H25Cl2F3N5O12P3S2.4Na/c1-43-5-3-23-12-9-13(26-15(25-12)44-4-2-16(20,21)22)27(7-24-9)14-11(29)10(28)8(38-14)6-37-42(35,36)39-41(33,34)17(18,19)40(30,31)32;;;;/h7-8,10-11,14,28-29H,2-6H2,1H3,(H,33,34)(H,35,36)(H,23,25,26)(H2,30,31,32);;;;/q;4*+1/p-4/t8-,10?,11+,14-;;;;/m1..../s1. The van der Waals surface area contributed by atoms with Crippen molar-refractivity contribution in [2.75, 3.05) is 36.2 Å². The second-order valence-electron chi connectivity index (χ2n) is 8.69. The number of hydrogen-bond acceptors (Lipinski definition) is 18. The van der Waals surface area contributed by atoms with Gasteiger partial charge in [0.1, 0.15) is 18.3 Å². The van der Waals surface area contributed by atoms with E-state index in [1.165, 1.54) is 11.8 Å². The molecule has 0 bridgehead atoms. The molecular formula is C17H21Cl2F3N5Na4O12P3S2. The van der Waals surface area contributed by atoms with Gasteiger partial charge < -0.3 is 53.5 Å². The third-order valence-corrected chi connectivity index (χ3v) is 14.3. The molecule has 3 N–H and O–H groups in total. The smallest absolute Gasteiger partial charge is 0.808 e. The molecule has 1 aliphatic rings. The number of aromatic nitrogens is 4. The van der Waals surface area contributed by atoms with E-state index < -0.39 is 76.3 Å². The molecule has 1 aliphatic heterocycles. The molecule has 0 saturated carbocycles. The van der Waals surface area contributed by atoms with Gasteiger partial charge in [0, 0.05) is 18.1 Å². The largest absolute Gasteiger partial charge is 1.00 e. The van der Waals surface area contributed by atoms with Gasteiger partial charge in [-0.25, -0.2) is 15.0 Å². The Morgan fingerprint density at radius 1 is 1.06 bits per heavy atom. The van der Waals surface area contributed by atoms with Crippen LogP contribution in [0.1, 0.15) is 12.6 Å². The number of anilines is 1. The summed E-state index contributed by atoms with van der Waals surface area (Å²) in [7, 11) is -18.8. The van der Waals surface area contributed by atoms with E-state index in [2.05, 4.69) is 29.1 Å². The second-order valence-corrected chi connectivity index (χ2v) is 18.6. The Balaban J connectivity index is 0. The number of rotatable bonds is 15. The van der Waals surface area contributed by atoms with Gasteiger partial charge in [-0.3, -0.25) is 13.4 Å². The van der Waals surface area contributed by atoms with E-state index in [0.29, 0.717) is 24.1 Å². The van der Waals surface area contributed by atoms with Crippen molar-refractivity contribution in [2.45, 2.75) is 46.1 Å². The summed E-state index contributed by atoms with van der Waals surface area (Å²) >= 11 is 12.2. The maximum atomic E-state index is 12.7. The fraction of sp³-hybridized carbons (Fsp3) is 0.706. The van der Waals surface area contributed by atoms with Gasteiger partial charge in [-0.05, 0) is 13.9 Å². The Bertz CT molecular complexity index is 1490. The molecule has 17 nitrogen and oxygen atoms in total. The number of thioether (sulfide) groups is 2. The molecule has 3 heterocycles. The molecule has 0 radical (unpaired) electrons. The first-order valence-electron chi connectivity index (χ1n) is 11.7. The van der Waals surface area contributed by atoms with Crippen LogP contribution in [0.3, 0.4) is 0 Å². The maximum Gasteiger partial charge on any atom is 1.00 e. The zero-order chi connectivity index (χ0) is 33.3. The normalized spacial score (nSPS) is 22.3. The van der Waals surface area contributed by atoms with Crippen LogP contribution in [-0.2, 0) is 27.3 Å². The van der Waals surface area contributed by atoms with Crippen LogP contribution >= 0.6 is 69.7 Å². The van der Waals surface area contributed by atoms with Gasteiger partial charge in [0.2, 0.25) is 3.82 Å². The number of fused-ring (bicyclic) bond motifs is 1. The third-order valence-electron chi connectivity index (χ3n) is 5.49. The van der Waals surface area contributed by atoms with Crippen molar-refractivity contribution < 1.29 is 188 Å². The van der Waals surface area contributed by atoms with Crippen molar-refractivity contribution in [3.8, 4) is 0 Å². The topological polar surface area (TPSA) is 267 Å². The van der Waals surface area contributed by atoms with Gasteiger partial charge in [-0.15, -0.1) is 0 Å². The molecular weight excluding hydrogens is 843 g/mol. The van der Waals surface area contributed by atoms with Crippen LogP contribution < -0.4 is 143 Å². The molecule has 3 unspecified atom stereocenters. The first-order valence-corrected chi connectivity index (χ1v) is 19.3. The number of aliphatic hydroxyl groups excluding tert-OH is 2. The van der Waals surface area contributed by atoms with Crippen LogP contribution in [0.25, 0.3) is 11.2 Å². The van der Waals surface area contributed by atoms with Gasteiger partial charge in [-0.2, -0.15) is 24.9 Å². The number of ether oxygens (including phenoxy) is 1. The molecule has 2 aromatic heterocycles. The van der Waals surface area contributed by atoms with Crippen molar-refractivity contribution in [3.63, 3.8) is 0 Å². The van der Waals surface area contributed by atoms with E-state index in [1.807, 2.05) is 6.26 Å². The molecule has 0 amide bonds. The first-order chi connectivity index (χ1) is 20.1. The van der Waals surface area contributed by atoms with Crippen LogP contribution in [0.2, 0.25) is 0 Å². The molecule has 31 heteroatoms. The molecule has 6 atom stereocenters. The van der Waals surface area contributed by atoms with Crippen LogP contribution in [0, 0.1) is 0 Å². The number of phosphoric acid groups is 1. The van der Waals surface area contributed by atoms with Crippen molar-refractivity contribution in [1.82, 2.24) is 19.5 Å². The van der Waals surface area contributed by atoms with E-state index in [1.54, 1.807) is 0 Å². The van der Waals surface area contributed by atoms with Crippen LogP contribution in [0.5, 0.6) is 0 Å². The molecule has 3 rings (SSSR count). The summed E-state index contributed by atoms with van der Waals surface area (Å²) in [6, 6.07) is 0. The van der Waals surface area contributed by atoms with E-state index in [9.17, 15) is 56.7 Å². The average molecular weight is 864 g/mol. The van der Waals surface area contributed by atoms with Gasteiger partial charge in [0.05, 0.1) is 19.4 Å². The number of nitrogens with one attached hydrogen (secondary N) is 1. The molecule has 0 aliphatic carbocycles. The average Bonchev–Trinajstić information content (AvgIpc) is 3.41. The summed E-state index contributed by atoms with van der Waals surface area (Å²) in [6.07, 6.45) is -9.61. The van der Waals surface area contributed by atoms with E-state index in [-0.39, 0.29) is 140 Å². The number of imidazole rings is 1. The Kier molecular flexibility index (Phi) is 24.6. The van der Waals surface area contributed by atoms with Crippen molar-refractivity contribution in [3.05, 3.63) is 6.33 Å². The Morgan fingerprint density at radius 2 is 1.67 bits per heavy atom. The number of hydrogen-bond donors (Lipinski definition) is 3. The summed E-state index contributed by atoms with van der Waals surface area (Å²) in [6.45, 7) is -0.835. The second kappa shape index (κ2) is 21.9. The Labute approximate surface area is 378 Å². The molecule has 48 heavy (non-hydrogen) atoms. The van der Waals surface area contributed by atoms with Crippen LogP contribution in [0.15, 0.2) is 11.5 Å². The summed E-state index contributed by atoms with van der Waals surface area (Å²) in [5, 5.41) is 24.0. The SMILES string of the molecule is CSCCNc1nc(SCCC(F)(F)F)nc2c1ncn2[C@@H]1O[C@H](COP(=O)([O-])OP(=O)([O-])C(Cl)(Cl)P(=O)([O-])[O-])C(O)[C@@H]1O.[Na+].[Na+].[Na+].[Na+]. The summed E-state index contributed by atoms with van der Waals surface area (Å²) in [5.74, 6) is 0.351. The molecule has 2 aromatic rings. The summed E-state index contributed by atoms with van der Waals surface area (Å²) in [5.41, 5.74) is 0.0592. The van der Waals surface area contributed by atoms with Gasteiger partial charge in [0.15, 0.2) is 36.0 Å². The summed E-state index contributed by atoms with van der Waals surface area (Å²) < 4.78 is 83.4. The minimum Gasteiger partial charge on any atom is -0.808 e. The number of aliphatic hydroxyl groups is 2. The van der Waals surface area contributed by atoms with Crippen LogP contribution in [-0.4, -0.2) is 88.9 Å². The van der Waals surface area contributed by atoms with Crippen molar-refractivity contribution in [2.24, 2.45) is 0 Å². The minimum absolute atomic E-state index is 0. The number of nitrogens with zero attached hydrogens (tertiary/aromatic N) is 4. The van der Waals surface area contributed by atoms with E-state index in [4.69, 9.17) is 27.9 Å². The van der Waals surface area contributed by atoms with Gasteiger partial charge in [-0.1, -0.05) is 35.0 Å². The van der Waals surface area contributed by atoms with Crippen LogP contribution in [0.4, 0.5) is 19.0 Å². The monoisotopic (exact) mass is 863 g/mol. The van der Waals surface area contributed by atoms with Gasteiger partial charge in [0.25, 0.3) is 7.82 Å². The molecule has 1 fully saturated rings.